The number of nitrogens with one attached hydrogen (secondary N) is 1. The van der Waals surface area contributed by atoms with Gasteiger partial charge in [-0.05, 0) is 19.4 Å². The molecule has 0 aromatic carbocycles. The molecule has 0 aliphatic carbocycles. The van der Waals surface area contributed by atoms with Gasteiger partial charge in [-0.1, -0.05) is 13.0 Å². The van der Waals surface area contributed by atoms with Crippen LogP contribution < -0.4 is 5.32 Å². The molecule has 0 aliphatic rings. The maximum atomic E-state index is 8.82. The molecule has 0 bridgehead atoms. The van der Waals surface area contributed by atoms with Crippen LogP contribution in [0.5, 0.6) is 0 Å². The van der Waals surface area contributed by atoms with Gasteiger partial charge >= 0.3 is 0 Å². The van der Waals surface area contributed by atoms with Gasteiger partial charge in [-0.25, -0.2) is 0 Å². The smallest absolute Gasteiger partial charge is 0.102 e. The summed E-state index contributed by atoms with van der Waals surface area (Å²) in [6.07, 6.45) is 6.37. The van der Waals surface area contributed by atoms with Crippen LogP contribution in [-0.2, 0) is 0 Å². The first kappa shape index (κ1) is 11.3. The first-order valence-corrected chi connectivity index (χ1v) is 4.33. The zero-order chi connectivity index (χ0) is 9.23. The average molecular weight is 170 g/mol. The fraction of sp³-hybridized carbons (Fsp3) is 0.667. The Kier molecular flexibility index (Phi) is 7.96. The highest BCUT2D eigenvalue weighted by molar-refractivity contribution is 5.70. The molecule has 0 unspecified atom stereocenters. The molecule has 2 N–H and O–H groups in total. The molecule has 3 heteroatoms. The van der Waals surface area contributed by atoms with E-state index in [9.17, 15) is 0 Å². The average Bonchev–Trinajstić information content (AvgIpc) is 2.02. The van der Waals surface area contributed by atoms with Crippen molar-refractivity contribution in [3.63, 3.8) is 0 Å². The molecule has 3 nitrogen and oxygen atoms in total. The minimum absolute atomic E-state index is 0.439. The summed E-state index contributed by atoms with van der Waals surface area (Å²) in [6, 6.07) is 0. The van der Waals surface area contributed by atoms with Gasteiger partial charge in [0.1, 0.15) is 6.23 Å². The number of nitrogens with zero attached hydrogens (tertiary/aromatic N) is 1. The maximum absolute atomic E-state index is 8.82. The summed E-state index contributed by atoms with van der Waals surface area (Å²) in [7, 11) is 0. The van der Waals surface area contributed by atoms with E-state index < -0.39 is 6.23 Å². The zero-order valence-corrected chi connectivity index (χ0v) is 7.83. The lowest BCUT2D eigenvalue weighted by Gasteiger charge is -2.03. The predicted octanol–water partition coefficient (Wildman–Crippen LogP) is 0.951. The predicted molar refractivity (Wildman–Crippen MR) is 52.5 cm³/mol. The van der Waals surface area contributed by atoms with Crippen molar-refractivity contribution in [1.82, 2.24) is 5.32 Å². The van der Waals surface area contributed by atoms with E-state index in [-0.39, 0.29) is 0 Å². The molecule has 0 aromatic rings. The molecule has 0 aromatic heterocycles. The lowest BCUT2D eigenvalue weighted by molar-refractivity contribution is 0.158. The summed E-state index contributed by atoms with van der Waals surface area (Å²) in [4.78, 5) is 4.10. The summed E-state index contributed by atoms with van der Waals surface area (Å²) in [5.74, 6) is 0. The normalized spacial score (nSPS) is 14.6. The van der Waals surface area contributed by atoms with Crippen molar-refractivity contribution in [2.24, 2.45) is 4.99 Å². The highest BCUT2D eigenvalue weighted by Crippen LogP contribution is 1.77. The van der Waals surface area contributed by atoms with Gasteiger partial charge in [-0.2, -0.15) is 0 Å². The molecule has 0 spiro atoms. The fourth-order valence-corrected chi connectivity index (χ4v) is 0.670. The van der Waals surface area contributed by atoms with Crippen LogP contribution in [0.4, 0.5) is 0 Å². The Morgan fingerprint density at radius 3 is 2.92 bits per heavy atom. The van der Waals surface area contributed by atoms with E-state index in [0.717, 1.165) is 6.42 Å². The van der Waals surface area contributed by atoms with E-state index in [4.69, 9.17) is 5.11 Å². The lowest BCUT2D eigenvalue weighted by atomic mass is 10.4. The first-order chi connectivity index (χ1) is 5.77. The SMILES string of the molecule is CC/C=C\C=NCCN[C@H](C)O. The third-order valence-corrected chi connectivity index (χ3v) is 1.24. The molecule has 0 rings (SSSR count). The van der Waals surface area contributed by atoms with Crippen LogP contribution in [0.3, 0.4) is 0 Å². The van der Waals surface area contributed by atoms with Gasteiger partial charge in [0.05, 0.1) is 6.54 Å². The molecule has 0 aliphatic heterocycles. The van der Waals surface area contributed by atoms with E-state index in [1.165, 1.54) is 0 Å². The third kappa shape index (κ3) is 9.33. The molecular formula is C9H18N2O. The number of allylic oxidation sites excluding steroid dienone is 2. The summed E-state index contributed by atoms with van der Waals surface area (Å²) in [5.41, 5.74) is 0. The zero-order valence-electron chi connectivity index (χ0n) is 7.83. The van der Waals surface area contributed by atoms with Crippen LogP contribution in [-0.4, -0.2) is 30.6 Å². The summed E-state index contributed by atoms with van der Waals surface area (Å²) >= 11 is 0. The molecule has 0 heterocycles. The molecule has 12 heavy (non-hydrogen) atoms. The number of aliphatic imine (C=N–C) groups is 1. The molecule has 0 radical (unpaired) electrons. The minimum atomic E-state index is -0.439. The Morgan fingerprint density at radius 1 is 1.58 bits per heavy atom. The second kappa shape index (κ2) is 8.43. The van der Waals surface area contributed by atoms with Crippen LogP contribution >= 0.6 is 0 Å². The van der Waals surface area contributed by atoms with Gasteiger partial charge in [0.2, 0.25) is 0 Å². The van der Waals surface area contributed by atoms with Gasteiger partial charge in [-0.3, -0.25) is 10.3 Å². The molecule has 0 saturated heterocycles. The Morgan fingerprint density at radius 2 is 2.33 bits per heavy atom. The molecule has 0 amide bonds. The second-order valence-corrected chi connectivity index (χ2v) is 2.52. The number of hydrogen-bond acceptors (Lipinski definition) is 3. The Balaban J connectivity index is 3.19. The Hall–Kier alpha value is -0.670. The van der Waals surface area contributed by atoms with Crippen molar-refractivity contribution in [3.05, 3.63) is 12.2 Å². The summed E-state index contributed by atoms with van der Waals surface area (Å²) < 4.78 is 0. The van der Waals surface area contributed by atoms with E-state index in [1.54, 1.807) is 13.1 Å². The van der Waals surface area contributed by atoms with Crippen molar-refractivity contribution in [2.45, 2.75) is 26.5 Å². The van der Waals surface area contributed by atoms with Gasteiger partial charge in [0.15, 0.2) is 0 Å². The first-order valence-electron chi connectivity index (χ1n) is 4.33. The maximum Gasteiger partial charge on any atom is 0.102 e. The molecule has 70 valence electrons. The Bertz CT molecular complexity index is 141. The standard InChI is InChI=1S/C9H18N2O/c1-3-4-5-6-10-7-8-11-9(2)12/h4-6,9,11-12H,3,7-8H2,1-2H3/b5-4-,10-6?/t9-/m0/s1. The van der Waals surface area contributed by atoms with Gasteiger partial charge < -0.3 is 5.11 Å². The van der Waals surface area contributed by atoms with E-state index >= 15 is 0 Å². The number of rotatable bonds is 6. The van der Waals surface area contributed by atoms with Crippen LogP contribution in [0.15, 0.2) is 17.1 Å². The lowest BCUT2D eigenvalue weighted by Crippen LogP contribution is -2.27. The molecular weight excluding hydrogens is 152 g/mol. The largest absolute Gasteiger partial charge is 0.379 e. The highest BCUT2D eigenvalue weighted by atomic mass is 16.3. The van der Waals surface area contributed by atoms with Gasteiger partial charge in [0.25, 0.3) is 0 Å². The quantitative estimate of drug-likeness (QED) is 0.354. The van der Waals surface area contributed by atoms with Crippen LogP contribution in [0, 0.1) is 0 Å². The van der Waals surface area contributed by atoms with Crippen molar-refractivity contribution < 1.29 is 5.11 Å². The second-order valence-electron chi connectivity index (χ2n) is 2.52. The van der Waals surface area contributed by atoms with Crippen molar-refractivity contribution in [2.75, 3.05) is 13.1 Å². The minimum Gasteiger partial charge on any atom is -0.379 e. The molecule has 0 saturated carbocycles. The summed E-state index contributed by atoms with van der Waals surface area (Å²) in [5, 5.41) is 11.7. The molecule has 1 atom stereocenters. The highest BCUT2D eigenvalue weighted by Gasteiger charge is 1.88. The summed E-state index contributed by atoms with van der Waals surface area (Å²) in [6.45, 7) is 5.20. The van der Waals surface area contributed by atoms with Crippen molar-refractivity contribution in [3.8, 4) is 0 Å². The fourth-order valence-electron chi connectivity index (χ4n) is 0.670. The van der Waals surface area contributed by atoms with Crippen LogP contribution in [0.25, 0.3) is 0 Å². The van der Waals surface area contributed by atoms with Crippen molar-refractivity contribution >= 4 is 6.21 Å². The third-order valence-electron chi connectivity index (χ3n) is 1.24. The van der Waals surface area contributed by atoms with Crippen molar-refractivity contribution in [1.29, 1.82) is 0 Å². The number of hydrogen-bond donors (Lipinski definition) is 2. The van der Waals surface area contributed by atoms with Gasteiger partial charge in [-0.15, -0.1) is 0 Å². The molecule has 0 fully saturated rings. The number of aliphatic hydroxyl groups excluding tert-OH is 1. The van der Waals surface area contributed by atoms with Crippen LogP contribution in [0.2, 0.25) is 0 Å². The van der Waals surface area contributed by atoms with E-state index in [2.05, 4.69) is 17.2 Å². The number of aliphatic hydroxyl groups is 1. The monoisotopic (exact) mass is 170 g/mol. The van der Waals surface area contributed by atoms with E-state index in [0.29, 0.717) is 13.1 Å². The van der Waals surface area contributed by atoms with E-state index in [1.807, 2.05) is 12.2 Å². The van der Waals surface area contributed by atoms with Crippen LogP contribution in [0.1, 0.15) is 20.3 Å². The van der Waals surface area contributed by atoms with Gasteiger partial charge in [0, 0.05) is 12.8 Å². The topological polar surface area (TPSA) is 44.6 Å². The Labute approximate surface area is 74.2 Å².